The number of rotatable bonds is 3. The minimum Gasteiger partial charge on any atom is -0.498 e. The molecule has 5 aromatic carbocycles. The summed E-state index contributed by atoms with van der Waals surface area (Å²) in [7, 11) is 0. The van der Waals surface area contributed by atoms with Gasteiger partial charge in [0.05, 0.1) is 22.2 Å². The van der Waals surface area contributed by atoms with Gasteiger partial charge in [-0.15, -0.1) is 53.6 Å². The molecule has 63 heavy (non-hydrogen) atoms. The maximum absolute atomic E-state index is 10.6. The van der Waals surface area contributed by atoms with E-state index in [0.717, 1.165) is 61.2 Å². The Kier molecular flexibility index (Phi) is 12.0. The Hall–Kier alpha value is -5.86. The van der Waals surface area contributed by atoms with E-state index >= 15 is 0 Å². The number of benzene rings is 5. The Morgan fingerprint density at radius 3 is 1.71 bits per heavy atom. The number of aromatic nitrogens is 3. The van der Waals surface area contributed by atoms with Crippen molar-refractivity contribution in [3.05, 3.63) is 162 Å². The van der Waals surface area contributed by atoms with Crippen LogP contribution in [0.3, 0.4) is 0 Å². The molecule has 0 fully saturated rings. The van der Waals surface area contributed by atoms with Gasteiger partial charge in [0, 0.05) is 48.7 Å². The van der Waals surface area contributed by atoms with Crippen LogP contribution in [0.15, 0.2) is 126 Å². The Labute approximate surface area is 386 Å². The summed E-state index contributed by atoms with van der Waals surface area (Å²) in [5.74, 6) is 0. The molecule has 4 heterocycles. The van der Waals surface area contributed by atoms with Crippen LogP contribution in [-0.4, -0.2) is 14.5 Å². The molecule has 9 rings (SSSR count). The molecule has 5 nitrogen and oxygen atoms in total. The van der Waals surface area contributed by atoms with Crippen molar-refractivity contribution in [3.8, 4) is 34.3 Å². The van der Waals surface area contributed by atoms with Gasteiger partial charge < -0.3 is 19.0 Å². The number of nitrogens with zero attached hydrogens (tertiary/aromatic N) is 4. The molecule has 321 valence electrons. The molecule has 6 heteroatoms. The molecular formula is C57H56IrN4O-2. The number of hydrogen-bond donors (Lipinski definition) is 0. The maximum atomic E-state index is 10.6. The number of pyridine rings is 2. The molecule has 0 aliphatic carbocycles. The zero-order valence-electron chi connectivity index (χ0n) is 38.6. The molecule has 0 aliphatic rings. The zero-order chi connectivity index (χ0) is 44.4. The van der Waals surface area contributed by atoms with Crippen molar-refractivity contribution in [1.82, 2.24) is 14.5 Å². The molecule has 1 radical (unpaired) electrons. The van der Waals surface area contributed by atoms with Crippen molar-refractivity contribution in [1.29, 1.82) is 5.26 Å². The van der Waals surface area contributed by atoms with Crippen LogP contribution in [0.1, 0.15) is 111 Å². The molecule has 4 aromatic heterocycles. The van der Waals surface area contributed by atoms with Crippen LogP contribution < -0.4 is 0 Å². The fourth-order valence-corrected chi connectivity index (χ4v) is 8.22. The summed E-state index contributed by atoms with van der Waals surface area (Å²) < 4.78 is 9.23. The molecule has 0 unspecified atom stereocenters. The van der Waals surface area contributed by atoms with Crippen molar-refractivity contribution in [2.75, 3.05) is 0 Å². The van der Waals surface area contributed by atoms with E-state index in [1.54, 1.807) is 6.20 Å². The summed E-state index contributed by atoms with van der Waals surface area (Å²) in [4.78, 5) is 9.14. The van der Waals surface area contributed by atoms with Crippen molar-refractivity contribution in [2.45, 2.75) is 105 Å². The van der Waals surface area contributed by atoms with Gasteiger partial charge in [-0.05, 0) is 86.1 Å². The molecule has 0 spiro atoms. The third-order valence-electron chi connectivity index (χ3n) is 11.9. The number of hydrogen-bond acceptors (Lipinski definition) is 4. The van der Waals surface area contributed by atoms with E-state index in [0.29, 0.717) is 11.1 Å². The molecule has 0 saturated heterocycles. The van der Waals surface area contributed by atoms with Gasteiger partial charge >= 0.3 is 0 Å². The normalized spacial score (nSPS) is 12.3. The van der Waals surface area contributed by atoms with Crippen molar-refractivity contribution in [3.63, 3.8) is 0 Å². The van der Waals surface area contributed by atoms with Crippen LogP contribution in [0.25, 0.3) is 71.9 Å². The van der Waals surface area contributed by atoms with E-state index in [1.165, 1.54) is 27.5 Å². The van der Waals surface area contributed by atoms with Crippen molar-refractivity contribution < 1.29 is 24.5 Å². The van der Waals surface area contributed by atoms with E-state index in [2.05, 4.69) is 170 Å². The van der Waals surface area contributed by atoms with Crippen molar-refractivity contribution >= 4 is 43.7 Å². The fourth-order valence-electron chi connectivity index (χ4n) is 8.22. The van der Waals surface area contributed by atoms with E-state index in [9.17, 15) is 5.26 Å². The second-order valence-corrected chi connectivity index (χ2v) is 20.6. The fraction of sp³-hybridized carbons (Fsp3) is 0.281. The molecule has 0 saturated carbocycles. The third-order valence-corrected chi connectivity index (χ3v) is 11.9. The first kappa shape index (κ1) is 45.2. The summed E-state index contributed by atoms with van der Waals surface area (Å²) in [5, 5.41) is 15.0. The maximum Gasteiger partial charge on any atom is 0.146 e. The first-order valence-corrected chi connectivity index (χ1v) is 21.5. The topological polar surface area (TPSA) is 67.6 Å². The standard InChI is InChI=1S/C42H40N3O.C15H16N.Ir/c1-40(2,3)26-14-19-34-30(22-26)31-23-27(41(4,5)6)15-20-35(31)45(34)37-25(24-43)13-16-29-36-32(42(7,8)9)18-17-28(38(36)46-39(29)37)33-12-10-11-21-44-33;1-15(2,3)13-9-10-14(16-11-13)12-7-5-4-6-8-12;/h10-16,18-23H,1-9H3;4-7,9-11H,1-3H3;/q2*-1;. The van der Waals surface area contributed by atoms with Crippen LogP contribution in [0, 0.1) is 23.5 Å². The van der Waals surface area contributed by atoms with Gasteiger partial charge in [-0.1, -0.05) is 136 Å². The van der Waals surface area contributed by atoms with Crippen LogP contribution in [-0.2, 0) is 41.8 Å². The summed E-state index contributed by atoms with van der Waals surface area (Å²) >= 11 is 0. The number of fused-ring (bicyclic) bond motifs is 6. The second kappa shape index (κ2) is 16.7. The molecule has 0 bridgehead atoms. The molecule has 0 amide bonds. The summed E-state index contributed by atoms with van der Waals surface area (Å²) in [6, 6.07) is 46.8. The van der Waals surface area contributed by atoms with Crippen LogP contribution in [0.5, 0.6) is 0 Å². The predicted octanol–water partition coefficient (Wildman–Crippen LogP) is 15.2. The Morgan fingerprint density at radius 1 is 0.587 bits per heavy atom. The van der Waals surface area contributed by atoms with E-state index in [1.807, 2.05) is 60.8 Å². The largest absolute Gasteiger partial charge is 0.498 e. The summed E-state index contributed by atoms with van der Waals surface area (Å²) in [6.07, 6.45) is 3.75. The molecule has 9 aromatic rings. The minimum absolute atomic E-state index is 0. The quantitative estimate of drug-likeness (QED) is 0.165. The molecule has 0 N–H and O–H groups in total. The van der Waals surface area contributed by atoms with Gasteiger partial charge in [-0.2, -0.15) is 5.26 Å². The monoisotopic (exact) mass is 1010 g/mol. The first-order chi connectivity index (χ1) is 29.3. The number of furan rings is 1. The summed E-state index contributed by atoms with van der Waals surface area (Å²) in [6.45, 7) is 26.7. The van der Waals surface area contributed by atoms with Gasteiger partial charge in [0.1, 0.15) is 17.3 Å². The SMILES string of the molecule is CC(C)(C)c1ccc(-c2[c-]cccc2)nc1.CC(C)(C)c1ccc2c(c1)c1cc(C(C)(C)C)ccc1n2-c1c(C#N)ccc2c1oc1c(-c3ccccn3)[c-]cc(C(C)(C)C)c12.[Ir]. The van der Waals surface area contributed by atoms with Gasteiger partial charge in [-0.3, -0.25) is 0 Å². The average molecular weight is 1010 g/mol. The Bertz CT molecular complexity index is 3070. The van der Waals surface area contributed by atoms with Crippen LogP contribution in [0.4, 0.5) is 0 Å². The summed E-state index contributed by atoms with van der Waals surface area (Å²) in [5.41, 5.74) is 13.4. The van der Waals surface area contributed by atoms with Crippen LogP contribution >= 0.6 is 0 Å². The van der Waals surface area contributed by atoms with Crippen LogP contribution in [0.2, 0.25) is 0 Å². The molecular weight excluding hydrogens is 949 g/mol. The Balaban J connectivity index is 0.000000295. The number of nitriles is 1. The van der Waals surface area contributed by atoms with E-state index < -0.39 is 0 Å². The van der Waals surface area contributed by atoms with E-state index in [-0.39, 0.29) is 41.8 Å². The van der Waals surface area contributed by atoms with Gasteiger partial charge in [0.2, 0.25) is 0 Å². The van der Waals surface area contributed by atoms with E-state index in [4.69, 9.17) is 4.42 Å². The van der Waals surface area contributed by atoms with Gasteiger partial charge in [0.15, 0.2) is 0 Å². The van der Waals surface area contributed by atoms with Gasteiger partial charge in [0.25, 0.3) is 0 Å². The smallest absolute Gasteiger partial charge is 0.146 e. The minimum atomic E-state index is -0.165. The predicted molar refractivity (Wildman–Crippen MR) is 258 cm³/mol. The van der Waals surface area contributed by atoms with Crippen molar-refractivity contribution in [2.24, 2.45) is 0 Å². The Morgan fingerprint density at radius 2 is 1.21 bits per heavy atom. The average Bonchev–Trinajstić information content (AvgIpc) is 3.78. The molecule has 0 aliphatic heterocycles. The third kappa shape index (κ3) is 8.62. The zero-order valence-corrected chi connectivity index (χ0v) is 41.0. The van der Waals surface area contributed by atoms with Gasteiger partial charge in [-0.25, -0.2) is 0 Å². The second-order valence-electron chi connectivity index (χ2n) is 20.6. The molecule has 0 atom stereocenters. The first-order valence-electron chi connectivity index (χ1n) is 21.5.